The van der Waals surface area contributed by atoms with Crippen LogP contribution < -0.4 is 5.56 Å². The predicted octanol–water partition coefficient (Wildman–Crippen LogP) is 2.84. The number of rotatable bonds is 1. The molecule has 0 radical (unpaired) electrons. The standard InChI is InChI=1S/C15H14N2O/c1-9-4-6-12(7-5-9)14-10(2)11(3)17-15(18)13(14)8-16/h4-7H,1-3H3,(H,17,18). The third-order valence-corrected chi connectivity index (χ3v) is 3.17. The highest BCUT2D eigenvalue weighted by Crippen LogP contribution is 2.26. The number of hydrogen-bond donors (Lipinski definition) is 1. The van der Waals surface area contributed by atoms with Crippen LogP contribution in [0.25, 0.3) is 11.1 Å². The van der Waals surface area contributed by atoms with Crippen LogP contribution in [0.2, 0.25) is 0 Å². The molecule has 0 amide bonds. The van der Waals surface area contributed by atoms with E-state index in [1.165, 1.54) is 0 Å². The first-order valence-corrected chi connectivity index (χ1v) is 5.75. The minimum absolute atomic E-state index is 0.182. The van der Waals surface area contributed by atoms with Crippen LogP contribution in [0.1, 0.15) is 22.4 Å². The summed E-state index contributed by atoms with van der Waals surface area (Å²) in [5.41, 5.74) is 4.39. The molecule has 0 aliphatic carbocycles. The van der Waals surface area contributed by atoms with Crippen molar-refractivity contribution in [2.45, 2.75) is 20.8 Å². The summed E-state index contributed by atoms with van der Waals surface area (Å²) in [7, 11) is 0. The maximum atomic E-state index is 11.8. The summed E-state index contributed by atoms with van der Waals surface area (Å²) in [6, 6.07) is 9.84. The van der Waals surface area contributed by atoms with E-state index >= 15 is 0 Å². The van der Waals surface area contributed by atoms with E-state index in [0.29, 0.717) is 0 Å². The van der Waals surface area contributed by atoms with Crippen LogP contribution in [0.3, 0.4) is 0 Å². The molecule has 0 unspecified atom stereocenters. The molecule has 18 heavy (non-hydrogen) atoms. The Morgan fingerprint density at radius 3 is 2.28 bits per heavy atom. The van der Waals surface area contributed by atoms with Gasteiger partial charge in [-0.25, -0.2) is 0 Å². The molecule has 0 fully saturated rings. The van der Waals surface area contributed by atoms with Crippen molar-refractivity contribution in [2.24, 2.45) is 0 Å². The topological polar surface area (TPSA) is 56.6 Å². The Labute approximate surface area is 106 Å². The molecule has 1 heterocycles. The molecule has 0 bridgehead atoms. The van der Waals surface area contributed by atoms with E-state index in [1.54, 1.807) is 0 Å². The lowest BCUT2D eigenvalue weighted by atomic mass is 9.95. The van der Waals surface area contributed by atoms with Crippen LogP contribution in [0.4, 0.5) is 0 Å². The number of H-pyrrole nitrogens is 1. The summed E-state index contributed by atoms with van der Waals surface area (Å²) in [5, 5.41) is 9.16. The Morgan fingerprint density at radius 1 is 1.11 bits per heavy atom. The molecule has 0 aliphatic rings. The fourth-order valence-electron chi connectivity index (χ4n) is 2.00. The van der Waals surface area contributed by atoms with Crippen molar-refractivity contribution >= 4 is 0 Å². The van der Waals surface area contributed by atoms with Gasteiger partial charge in [-0.2, -0.15) is 5.26 Å². The number of nitriles is 1. The van der Waals surface area contributed by atoms with Crippen LogP contribution in [-0.4, -0.2) is 4.98 Å². The summed E-state index contributed by atoms with van der Waals surface area (Å²) >= 11 is 0. The first-order chi connectivity index (χ1) is 8.54. The predicted molar refractivity (Wildman–Crippen MR) is 71.4 cm³/mol. The van der Waals surface area contributed by atoms with Crippen LogP contribution in [0.15, 0.2) is 29.1 Å². The first-order valence-electron chi connectivity index (χ1n) is 5.75. The fourth-order valence-corrected chi connectivity index (χ4v) is 2.00. The lowest BCUT2D eigenvalue weighted by molar-refractivity contribution is 1.09. The Hall–Kier alpha value is -2.34. The first kappa shape index (κ1) is 12.1. The highest BCUT2D eigenvalue weighted by molar-refractivity contribution is 5.74. The number of aromatic amines is 1. The zero-order valence-electron chi connectivity index (χ0n) is 10.7. The van der Waals surface area contributed by atoms with E-state index in [2.05, 4.69) is 4.98 Å². The smallest absolute Gasteiger partial charge is 0.266 e. The van der Waals surface area contributed by atoms with Crippen molar-refractivity contribution in [3.63, 3.8) is 0 Å². The van der Waals surface area contributed by atoms with Gasteiger partial charge in [0.15, 0.2) is 0 Å². The van der Waals surface area contributed by atoms with E-state index in [4.69, 9.17) is 5.26 Å². The van der Waals surface area contributed by atoms with Gasteiger partial charge in [-0.3, -0.25) is 4.79 Å². The molecule has 0 atom stereocenters. The van der Waals surface area contributed by atoms with Crippen molar-refractivity contribution in [1.29, 1.82) is 5.26 Å². The lowest BCUT2D eigenvalue weighted by Gasteiger charge is -2.10. The minimum Gasteiger partial charge on any atom is -0.325 e. The number of pyridine rings is 1. The Balaban J connectivity index is 2.82. The molecule has 1 aromatic heterocycles. The van der Waals surface area contributed by atoms with Crippen molar-refractivity contribution < 1.29 is 0 Å². The summed E-state index contributed by atoms with van der Waals surface area (Å²) in [6.45, 7) is 5.77. The second-order valence-corrected chi connectivity index (χ2v) is 4.43. The van der Waals surface area contributed by atoms with E-state index in [0.717, 1.165) is 27.9 Å². The quantitative estimate of drug-likeness (QED) is 0.830. The Kier molecular flexibility index (Phi) is 3.03. The van der Waals surface area contributed by atoms with Gasteiger partial charge in [-0.1, -0.05) is 29.8 Å². The van der Waals surface area contributed by atoms with Gasteiger partial charge < -0.3 is 4.98 Å². The minimum atomic E-state index is -0.323. The molecular formula is C15H14N2O. The van der Waals surface area contributed by atoms with Crippen molar-refractivity contribution in [3.05, 3.63) is 57.0 Å². The number of aromatic nitrogens is 1. The second kappa shape index (κ2) is 4.50. The summed E-state index contributed by atoms with van der Waals surface area (Å²) < 4.78 is 0. The van der Waals surface area contributed by atoms with E-state index < -0.39 is 0 Å². The van der Waals surface area contributed by atoms with Crippen LogP contribution in [0.5, 0.6) is 0 Å². The van der Waals surface area contributed by atoms with E-state index in [-0.39, 0.29) is 11.1 Å². The van der Waals surface area contributed by atoms with Gasteiger partial charge in [0.2, 0.25) is 0 Å². The largest absolute Gasteiger partial charge is 0.325 e. The number of hydrogen-bond acceptors (Lipinski definition) is 2. The maximum absolute atomic E-state index is 11.8. The van der Waals surface area contributed by atoms with Gasteiger partial charge in [0.25, 0.3) is 5.56 Å². The van der Waals surface area contributed by atoms with Crippen molar-refractivity contribution in [3.8, 4) is 17.2 Å². The van der Waals surface area contributed by atoms with Gasteiger partial charge in [-0.05, 0) is 31.9 Å². The van der Waals surface area contributed by atoms with E-state index in [9.17, 15) is 4.79 Å². The zero-order valence-corrected chi connectivity index (χ0v) is 10.7. The monoisotopic (exact) mass is 238 g/mol. The van der Waals surface area contributed by atoms with Gasteiger partial charge in [-0.15, -0.1) is 0 Å². The van der Waals surface area contributed by atoms with Crippen LogP contribution in [0, 0.1) is 32.1 Å². The van der Waals surface area contributed by atoms with Crippen LogP contribution in [-0.2, 0) is 0 Å². The second-order valence-electron chi connectivity index (χ2n) is 4.43. The average Bonchev–Trinajstić information content (AvgIpc) is 2.35. The third-order valence-electron chi connectivity index (χ3n) is 3.17. The van der Waals surface area contributed by atoms with Gasteiger partial charge in [0.1, 0.15) is 11.6 Å². The molecule has 90 valence electrons. The molecule has 2 rings (SSSR count). The number of nitrogens with one attached hydrogen (secondary N) is 1. The number of aryl methyl sites for hydroxylation is 2. The molecular weight excluding hydrogens is 224 g/mol. The highest BCUT2D eigenvalue weighted by Gasteiger charge is 2.14. The highest BCUT2D eigenvalue weighted by atomic mass is 16.1. The molecule has 3 nitrogen and oxygen atoms in total. The van der Waals surface area contributed by atoms with Crippen molar-refractivity contribution in [1.82, 2.24) is 4.98 Å². The molecule has 0 spiro atoms. The summed E-state index contributed by atoms with van der Waals surface area (Å²) in [5.74, 6) is 0. The SMILES string of the molecule is Cc1ccc(-c2c(C)c(C)[nH]c(=O)c2C#N)cc1. The third kappa shape index (κ3) is 1.93. The molecule has 0 saturated carbocycles. The molecule has 1 N–H and O–H groups in total. The van der Waals surface area contributed by atoms with Gasteiger partial charge in [0, 0.05) is 11.3 Å². The Bertz CT molecular complexity index is 688. The number of nitrogens with zero attached hydrogens (tertiary/aromatic N) is 1. The average molecular weight is 238 g/mol. The fraction of sp³-hybridized carbons (Fsp3) is 0.200. The Morgan fingerprint density at radius 2 is 1.72 bits per heavy atom. The normalized spacial score (nSPS) is 10.1. The zero-order chi connectivity index (χ0) is 13.3. The summed E-state index contributed by atoms with van der Waals surface area (Å²) in [4.78, 5) is 14.5. The van der Waals surface area contributed by atoms with Crippen LogP contribution >= 0.6 is 0 Å². The van der Waals surface area contributed by atoms with Gasteiger partial charge in [0.05, 0.1) is 0 Å². The maximum Gasteiger partial charge on any atom is 0.266 e. The molecule has 0 saturated heterocycles. The molecule has 2 aromatic rings. The molecule has 0 aliphatic heterocycles. The molecule has 1 aromatic carbocycles. The van der Waals surface area contributed by atoms with Crippen molar-refractivity contribution in [2.75, 3.05) is 0 Å². The van der Waals surface area contributed by atoms with Gasteiger partial charge >= 0.3 is 0 Å². The molecule has 3 heteroatoms. The number of benzene rings is 1. The lowest BCUT2D eigenvalue weighted by Crippen LogP contribution is -2.14. The summed E-state index contributed by atoms with van der Waals surface area (Å²) in [6.07, 6.45) is 0. The van der Waals surface area contributed by atoms with E-state index in [1.807, 2.05) is 51.1 Å².